The van der Waals surface area contributed by atoms with Gasteiger partial charge in [-0.15, -0.1) is 0 Å². The van der Waals surface area contributed by atoms with Crippen LogP contribution in [0.1, 0.15) is 144 Å². The van der Waals surface area contributed by atoms with E-state index >= 15 is 8.78 Å². The van der Waals surface area contributed by atoms with Gasteiger partial charge in [0.25, 0.3) is 17.7 Å². The predicted octanol–water partition coefficient (Wildman–Crippen LogP) is 7.27. The van der Waals surface area contributed by atoms with E-state index in [4.69, 9.17) is 28.4 Å². The SMILES string of the molecule is CC/C=C\C(=C/OC(=O)[C@H](CC(C)(C)F)N(C)C(=O)[C@@H](C)OC(=O)[C@H](CC(C)C)N(C)C(=O)[C@@H](Cc1ccc(C2CCOCC2)cc1)OC(=O)[C@H](CC(C)(C)F)N(C)C(=O)[C@@H](C)OC(=O)C1(NC)CC1)C1CCOCC1. The number of alkyl halides is 2. The van der Waals surface area contributed by atoms with Crippen LogP contribution in [0.4, 0.5) is 8.78 Å². The molecule has 0 bridgehead atoms. The standard InChI is InChI=1S/C57H86F2N4O13/c1-14-15-16-43(42-23-29-72-30-24-42)35-73-51(67)45(33-55(6,7)58)62(12)48(64)37(4)74-52(68)44(31-36(2)3)61(11)50(66)47(32-39-17-19-40(20-18-39)41-21-27-71-28-22-41)76-53(69)46(34-56(8,9)59)63(13)49(65)38(5)75-54(70)57(60-10)25-26-57/h15-20,35-38,41-42,44-47,60H,14,21-34H2,1-13H3/b16-15-,43-35+/t37-,38-,44+,45+,46+,47-/m1/s1. The molecular weight excluding hydrogens is 987 g/mol. The predicted molar refractivity (Wildman–Crippen MR) is 281 cm³/mol. The van der Waals surface area contributed by atoms with Gasteiger partial charge in [-0.05, 0) is 134 Å². The molecule has 2 aliphatic heterocycles. The topological polar surface area (TPSA) is 197 Å². The molecule has 2 saturated heterocycles. The van der Waals surface area contributed by atoms with Crippen LogP contribution >= 0.6 is 0 Å². The van der Waals surface area contributed by atoms with Crippen LogP contribution in [0, 0.1) is 11.8 Å². The quantitative estimate of drug-likeness (QED) is 0.0400. The molecular formula is C57H86F2N4O13. The first-order valence-electron chi connectivity index (χ1n) is 26.9. The maximum absolute atomic E-state index is 15.6. The molecule has 3 aliphatic rings. The Morgan fingerprint density at radius 1 is 0.711 bits per heavy atom. The van der Waals surface area contributed by atoms with E-state index in [2.05, 4.69) is 5.32 Å². The number of ether oxygens (including phenoxy) is 6. The Morgan fingerprint density at radius 2 is 1.20 bits per heavy atom. The Morgan fingerprint density at radius 3 is 1.68 bits per heavy atom. The average molecular weight is 1070 g/mol. The number of benzene rings is 1. The minimum Gasteiger partial charge on any atom is -0.451 e. The van der Waals surface area contributed by atoms with Gasteiger partial charge in [-0.2, -0.15) is 0 Å². The van der Waals surface area contributed by atoms with Gasteiger partial charge in [-0.25, -0.2) is 23.2 Å². The zero-order valence-corrected chi connectivity index (χ0v) is 47.2. The zero-order valence-electron chi connectivity index (χ0n) is 47.2. The van der Waals surface area contributed by atoms with Crippen molar-refractivity contribution in [3.05, 3.63) is 59.4 Å². The van der Waals surface area contributed by atoms with Gasteiger partial charge in [0.1, 0.15) is 35.0 Å². The maximum atomic E-state index is 15.6. The monoisotopic (exact) mass is 1070 g/mol. The fourth-order valence-corrected chi connectivity index (χ4v) is 9.43. The van der Waals surface area contributed by atoms with E-state index in [-0.39, 0.29) is 30.6 Å². The summed E-state index contributed by atoms with van der Waals surface area (Å²) in [7, 11) is 5.50. The summed E-state index contributed by atoms with van der Waals surface area (Å²) in [5.74, 6) is -6.04. The van der Waals surface area contributed by atoms with Crippen LogP contribution < -0.4 is 5.32 Å². The number of allylic oxidation sites excluding steroid dienone is 3. The van der Waals surface area contributed by atoms with Gasteiger partial charge in [0.2, 0.25) is 0 Å². The van der Waals surface area contributed by atoms with Gasteiger partial charge in [0.05, 0.1) is 6.26 Å². The number of nitrogens with zero attached hydrogens (tertiary/aromatic N) is 3. The van der Waals surface area contributed by atoms with Crippen LogP contribution in [0.2, 0.25) is 0 Å². The molecule has 1 aromatic carbocycles. The molecule has 3 fully saturated rings. The van der Waals surface area contributed by atoms with Gasteiger partial charge in [0, 0.05) is 66.8 Å². The fraction of sp³-hybridized carbons (Fsp3) is 0.702. The molecule has 0 spiro atoms. The second kappa shape index (κ2) is 28.4. The third kappa shape index (κ3) is 18.7. The Hall–Kier alpha value is -5.27. The number of likely N-dealkylation sites (N-methyl/N-ethyl adjacent to an activating group) is 4. The first-order valence-corrected chi connectivity index (χ1v) is 26.9. The molecule has 17 nitrogen and oxygen atoms in total. The van der Waals surface area contributed by atoms with E-state index in [0.29, 0.717) is 57.7 Å². The van der Waals surface area contributed by atoms with Gasteiger partial charge in [0.15, 0.2) is 18.3 Å². The second-order valence-electron chi connectivity index (χ2n) is 22.3. The average Bonchev–Trinajstić information content (AvgIpc) is 4.19. The molecule has 76 heavy (non-hydrogen) atoms. The molecule has 1 aromatic rings. The van der Waals surface area contributed by atoms with Gasteiger partial charge >= 0.3 is 23.9 Å². The molecule has 426 valence electrons. The van der Waals surface area contributed by atoms with Gasteiger partial charge < -0.3 is 48.4 Å². The van der Waals surface area contributed by atoms with Gasteiger partial charge in [-0.1, -0.05) is 57.2 Å². The normalized spacial score (nSPS) is 18.9. The molecule has 1 saturated carbocycles. The summed E-state index contributed by atoms with van der Waals surface area (Å²) in [6.45, 7) is 15.6. The van der Waals surface area contributed by atoms with E-state index in [0.717, 1.165) is 45.1 Å². The largest absolute Gasteiger partial charge is 0.451 e. The fourth-order valence-electron chi connectivity index (χ4n) is 9.43. The third-order valence-electron chi connectivity index (χ3n) is 14.4. The molecule has 1 aliphatic carbocycles. The number of carbonyl (C=O) groups is 7. The van der Waals surface area contributed by atoms with Crippen LogP contribution in [0.25, 0.3) is 0 Å². The van der Waals surface area contributed by atoms with Crippen LogP contribution in [0.3, 0.4) is 0 Å². The number of amides is 3. The first kappa shape index (κ1) is 63.3. The molecule has 19 heteroatoms. The number of nitrogens with one attached hydrogen (secondary N) is 1. The van der Waals surface area contributed by atoms with Crippen molar-refractivity contribution >= 4 is 41.6 Å². The highest BCUT2D eigenvalue weighted by Gasteiger charge is 2.51. The van der Waals surface area contributed by atoms with E-state index in [1.54, 1.807) is 7.05 Å². The number of hydrogen-bond acceptors (Lipinski definition) is 14. The molecule has 2 heterocycles. The Balaban J connectivity index is 1.62. The lowest BCUT2D eigenvalue weighted by atomic mass is 9.90. The van der Waals surface area contributed by atoms with Crippen molar-refractivity contribution in [2.75, 3.05) is 54.6 Å². The maximum Gasteiger partial charge on any atom is 0.333 e. The van der Waals surface area contributed by atoms with E-state index in [1.807, 2.05) is 57.2 Å². The van der Waals surface area contributed by atoms with E-state index in [9.17, 15) is 33.6 Å². The van der Waals surface area contributed by atoms with E-state index in [1.165, 1.54) is 68.9 Å². The van der Waals surface area contributed by atoms with Crippen molar-refractivity contribution in [1.29, 1.82) is 0 Å². The molecule has 3 amide bonds. The van der Waals surface area contributed by atoms with Crippen LogP contribution in [0.5, 0.6) is 0 Å². The summed E-state index contributed by atoms with van der Waals surface area (Å²) in [6.07, 6.45) is 4.33. The Labute approximate surface area is 449 Å². The summed E-state index contributed by atoms with van der Waals surface area (Å²) in [5.41, 5.74) is -2.47. The summed E-state index contributed by atoms with van der Waals surface area (Å²) < 4.78 is 65.0. The number of esters is 4. The molecule has 4 rings (SSSR count). The number of halogens is 2. The first-order chi connectivity index (χ1) is 35.6. The zero-order chi connectivity index (χ0) is 56.7. The minimum absolute atomic E-state index is 0.0267. The highest BCUT2D eigenvalue weighted by molar-refractivity contribution is 5.93. The molecule has 0 unspecified atom stereocenters. The van der Waals surface area contributed by atoms with E-state index < -0.39 is 108 Å². The smallest absolute Gasteiger partial charge is 0.333 e. The van der Waals surface area contributed by atoms with Crippen molar-refractivity contribution in [2.45, 2.75) is 192 Å². The van der Waals surface area contributed by atoms with Crippen LogP contribution in [0.15, 0.2) is 48.3 Å². The molecule has 1 N–H and O–H groups in total. The molecule has 6 atom stereocenters. The second-order valence-corrected chi connectivity index (χ2v) is 22.3. The van der Waals surface area contributed by atoms with Crippen LogP contribution in [-0.2, 0) is 68.4 Å². The van der Waals surface area contributed by atoms with Crippen molar-refractivity contribution in [1.82, 2.24) is 20.0 Å². The number of hydrogen-bond donors (Lipinski definition) is 1. The summed E-state index contributed by atoms with van der Waals surface area (Å²) in [6, 6.07) is 3.10. The van der Waals surface area contributed by atoms with Crippen molar-refractivity contribution in [3.63, 3.8) is 0 Å². The highest BCUT2D eigenvalue weighted by Crippen LogP contribution is 2.37. The molecule has 0 radical (unpaired) electrons. The highest BCUT2D eigenvalue weighted by atomic mass is 19.1. The Bertz CT molecular complexity index is 2190. The lowest BCUT2D eigenvalue weighted by Gasteiger charge is -2.35. The number of rotatable bonds is 27. The van der Waals surface area contributed by atoms with Crippen molar-refractivity contribution in [2.24, 2.45) is 11.8 Å². The number of carbonyl (C=O) groups excluding carboxylic acids is 7. The third-order valence-corrected chi connectivity index (χ3v) is 14.4. The lowest BCUT2D eigenvalue weighted by molar-refractivity contribution is -0.174. The Kier molecular flexibility index (Phi) is 23.6. The lowest BCUT2D eigenvalue weighted by Crippen LogP contribution is -2.54. The van der Waals surface area contributed by atoms with Crippen LogP contribution in [-0.4, -0.2) is 164 Å². The minimum atomic E-state index is -2.04. The van der Waals surface area contributed by atoms with Crippen molar-refractivity contribution < 1.29 is 70.8 Å². The summed E-state index contributed by atoms with van der Waals surface area (Å²) in [4.78, 5) is 101. The summed E-state index contributed by atoms with van der Waals surface area (Å²) in [5, 5.41) is 2.91. The van der Waals surface area contributed by atoms with Crippen molar-refractivity contribution in [3.8, 4) is 0 Å². The van der Waals surface area contributed by atoms with Gasteiger partial charge in [-0.3, -0.25) is 19.2 Å². The molecule has 0 aromatic heterocycles. The summed E-state index contributed by atoms with van der Waals surface area (Å²) >= 11 is 0.